The van der Waals surface area contributed by atoms with Gasteiger partial charge in [0.1, 0.15) is 23.0 Å². The highest BCUT2D eigenvalue weighted by Gasteiger charge is 2.20. The topological polar surface area (TPSA) is 96.7 Å². The van der Waals surface area contributed by atoms with Crippen LogP contribution >= 0.6 is 11.8 Å². The average Bonchev–Trinajstić information content (AvgIpc) is 3.26. The molecule has 3 aromatic rings. The molecule has 9 nitrogen and oxygen atoms in total. The van der Waals surface area contributed by atoms with Crippen LogP contribution in [-0.4, -0.2) is 47.8 Å². The van der Waals surface area contributed by atoms with Gasteiger partial charge in [0.25, 0.3) is 0 Å². The Hall–Kier alpha value is -3.66. The van der Waals surface area contributed by atoms with E-state index >= 15 is 0 Å². The Bertz CT molecular complexity index is 1120. The fourth-order valence-electron chi connectivity index (χ4n) is 3.14. The number of carbonyl (C=O) groups excluding carboxylic acids is 1. The molecule has 3 rings (SSSR count). The Morgan fingerprint density at radius 1 is 1.06 bits per heavy atom. The zero-order valence-corrected chi connectivity index (χ0v) is 20.4. The molecule has 0 bridgehead atoms. The molecular weight excluding hydrogens is 456 g/mol. The fraction of sp³-hybridized carbons (Fsp3) is 0.292. The minimum absolute atomic E-state index is 0.137. The predicted molar refractivity (Wildman–Crippen MR) is 131 cm³/mol. The molecule has 34 heavy (non-hydrogen) atoms. The number of nitrogens with one attached hydrogen (secondary N) is 1. The fourth-order valence-corrected chi connectivity index (χ4v) is 3.89. The highest BCUT2D eigenvalue weighted by Crippen LogP contribution is 2.30. The maximum absolute atomic E-state index is 12.6. The lowest BCUT2D eigenvalue weighted by molar-refractivity contribution is -0.113. The van der Waals surface area contributed by atoms with Crippen LogP contribution in [0.25, 0.3) is 0 Å². The second-order valence-electron chi connectivity index (χ2n) is 7.08. The summed E-state index contributed by atoms with van der Waals surface area (Å²) in [6, 6.07) is 12.5. The molecule has 0 radical (unpaired) electrons. The summed E-state index contributed by atoms with van der Waals surface area (Å²) in [6.45, 7) is 6.20. The van der Waals surface area contributed by atoms with Crippen LogP contribution in [0.15, 0.2) is 60.3 Å². The van der Waals surface area contributed by atoms with E-state index in [-0.39, 0.29) is 17.8 Å². The Morgan fingerprint density at radius 3 is 2.38 bits per heavy atom. The number of hydrogen-bond acceptors (Lipinski definition) is 8. The van der Waals surface area contributed by atoms with E-state index in [1.165, 1.54) is 18.9 Å². The lowest BCUT2D eigenvalue weighted by atomic mass is 10.2. The van der Waals surface area contributed by atoms with E-state index in [9.17, 15) is 4.79 Å². The molecule has 2 aromatic carbocycles. The molecule has 0 saturated carbocycles. The van der Waals surface area contributed by atoms with Gasteiger partial charge in [-0.3, -0.25) is 9.36 Å². The first-order valence-electron chi connectivity index (χ1n) is 10.5. The van der Waals surface area contributed by atoms with Crippen molar-refractivity contribution in [2.24, 2.45) is 0 Å². The monoisotopic (exact) mass is 484 g/mol. The van der Waals surface area contributed by atoms with Gasteiger partial charge in [-0.05, 0) is 43.3 Å². The van der Waals surface area contributed by atoms with E-state index in [0.29, 0.717) is 40.5 Å². The number of aromatic nitrogens is 3. The number of amides is 1. The van der Waals surface area contributed by atoms with Crippen LogP contribution in [0.3, 0.4) is 0 Å². The van der Waals surface area contributed by atoms with Crippen molar-refractivity contribution in [2.45, 2.75) is 24.7 Å². The molecule has 1 N–H and O–H groups in total. The van der Waals surface area contributed by atoms with Gasteiger partial charge in [-0.1, -0.05) is 17.8 Å². The van der Waals surface area contributed by atoms with E-state index in [4.69, 9.17) is 18.9 Å². The van der Waals surface area contributed by atoms with Crippen LogP contribution < -0.4 is 24.3 Å². The molecule has 10 heteroatoms. The van der Waals surface area contributed by atoms with Crippen LogP contribution in [0, 0.1) is 0 Å². The number of methoxy groups -OCH3 is 3. The summed E-state index contributed by atoms with van der Waals surface area (Å²) in [4.78, 5) is 12.6. The van der Waals surface area contributed by atoms with Crippen LogP contribution in [-0.2, 0) is 11.3 Å². The van der Waals surface area contributed by atoms with Crippen molar-refractivity contribution in [1.82, 2.24) is 14.8 Å². The van der Waals surface area contributed by atoms with Gasteiger partial charge in [0.15, 0.2) is 17.1 Å². The standard InChI is InChI=1S/C24H28N4O5S/c1-6-13-28-23(16(2)33-18-9-7-17(30-3)8-10-18)26-27-24(28)34-15-22(29)25-20-12-11-19(31-4)14-21(20)32-5/h6-12,14,16H,1,13,15H2,2-5H3,(H,25,29). The Morgan fingerprint density at radius 2 is 1.74 bits per heavy atom. The van der Waals surface area contributed by atoms with Crippen molar-refractivity contribution in [3.63, 3.8) is 0 Å². The van der Waals surface area contributed by atoms with E-state index in [0.717, 1.165) is 5.75 Å². The summed E-state index contributed by atoms with van der Waals surface area (Å²) in [7, 11) is 4.72. The molecule has 0 saturated heterocycles. The van der Waals surface area contributed by atoms with E-state index in [1.807, 2.05) is 35.8 Å². The maximum atomic E-state index is 12.6. The zero-order chi connectivity index (χ0) is 24.5. The van der Waals surface area contributed by atoms with Gasteiger partial charge in [0.05, 0.1) is 32.8 Å². The van der Waals surface area contributed by atoms with E-state index < -0.39 is 0 Å². The van der Waals surface area contributed by atoms with Crippen molar-refractivity contribution in [2.75, 3.05) is 32.4 Å². The smallest absolute Gasteiger partial charge is 0.234 e. The molecule has 0 fully saturated rings. The normalized spacial score (nSPS) is 11.4. The molecule has 1 unspecified atom stereocenters. The molecule has 1 aromatic heterocycles. The number of rotatable bonds is 12. The summed E-state index contributed by atoms with van der Waals surface area (Å²) in [5.74, 6) is 3.15. The first kappa shape index (κ1) is 25.0. The average molecular weight is 485 g/mol. The second-order valence-corrected chi connectivity index (χ2v) is 8.02. The van der Waals surface area contributed by atoms with Crippen molar-refractivity contribution < 1.29 is 23.7 Å². The minimum atomic E-state index is -0.368. The van der Waals surface area contributed by atoms with Crippen LogP contribution in [0.1, 0.15) is 18.9 Å². The number of ether oxygens (including phenoxy) is 4. The van der Waals surface area contributed by atoms with Gasteiger partial charge in [-0.2, -0.15) is 0 Å². The molecule has 0 aliphatic rings. The molecule has 1 atom stereocenters. The number of anilines is 1. The van der Waals surface area contributed by atoms with E-state index in [2.05, 4.69) is 22.1 Å². The number of allylic oxidation sites excluding steroid dienone is 1. The second kappa shape index (κ2) is 12.0. The summed E-state index contributed by atoms with van der Waals surface area (Å²) in [6.07, 6.45) is 1.38. The summed E-state index contributed by atoms with van der Waals surface area (Å²) in [5, 5.41) is 12.0. The molecule has 0 spiro atoms. The van der Waals surface area contributed by atoms with Gasteiger partial charge in [0, 0.05) is 12.6 Å². The Labute approximate surface area is 203 Å². The van der Waals surface area contributed by atoms with Crippen LogP contribution in [0.5, 0.6) is 23.0 Å². The quantitative estimate of drug-likeness (QED) is 0.299. The molecule has 0 aliphatic carbocycles. The Balaban J connectivity index is 1.66. The lowest BCUT2D eigenvalue weighted by Crippen LogP contribution is -2.16. The first-order chi connectivity index (χ1) is 16.5. The summed E-state index contributed by atoms with van der Waals surface area (Å²) in [5.41, 5.74) is 0.559. The summed E-state index contributed by atoms with van der Waals surface area (Å²) < 4.78 is 23.6. The third-order valence-electron chi connectivity index (χ3n) is 4.81. The SMILES string of the molecule is C=CCn1c(SCC(=O)Nc2ccc(OC)cc2OC)nnc1C(C)Oc1ccc(OC)cc1. The van der Waals surface area contributed by atoms with Crippen molar-refractivity contribution >= 4 is 23.4 Å². The molecule has 1 heterocycles. The highest BCUT2D eigenvalue weighted by atomic mass is 32.2. The molecule has 1 amide bonds. The van der Waals surface area contributed by atoms with Gasteiger partial charge in [-0.25, -0.2) is 0 Å². The summed E-state index contributed by atoms with van der Waals surface area (Å²) >= 11 is 1.28. The third-order valence-corrected chi connectivity index (χ3v) is 5.77. The lowest BCUT2D eigenvalue weighted by Gasteiger charge is -2.16. The van der Waals surface area contributed by atoms with Gasteiger partial charge in [0.2, 0.25) is 5.91 Å². The minimum Gasteiger partial charge on any atom is -0.497 e. The first-order valence-corrected chi connectivity index (χ1v) is 11.5. The van der Waals surface area contributed by atoms with Crippen molar-refractivity contribution in [3.05, 3.63) is 60.9 Å². The van der Waals surface area contributed by atoms with Crippen molar-refractivity contribution in [1.29, 1.82) is 0 Å². The largest absolute Gasteiger partial charge is 0.497 e. The van der Waals surface area contributed by atoms with Crippen molar-refractivity contribution in [3.8, 4) is 23.0 Å². The number of hydrogen-bond donors (Lipinski definition) is 1. The van der Waals surface area contributed by atoms with Crippen LogP contribution in [0.2, 0.25) is 0 Å². The molecular formula is C24H28N4O5S. The molecule has 180 valence electrons. The highest BCUT2D eigenvalue weighted by molar-refractivity contribution is 7.99. The predicted octanol–water partition coefficient (Wildman–Crippen LogP) is 4.36. The van der Waals surface area contributed by atoms with Gasteiger partial charge < -0.3 is 24.3 Å². The number of nitrogens with zero attached hydrogens (tertiary/aromatic N) is 3. The third kappa shape index (κ3) is 6.22. The zero-order valence-electron chi connectivity index (χ0n) is 19.6. The van der Waals surface area contributed by atoms with Gasteiger partial charge in [-0.15, -0.1) is 16.8 Å². The Kier molecular flexibility index (Phi) is 8.80. The molecule has 0 aliphatic heterocycles. The number of carbonyl (C=O) groups is 1. The van der Waals surface area contributed by atoms with E-state index in [1.54, 1.807) is 38.5 Å². The number of thioether (sulfide) groups is 1. The number of benzene rings is 2. The van der Waals surface area contributed by atoms with Crippen LogP contribution in [0.4, 0.5) is 5.69 Å². The maximum Gasteiger partial charge on any atom is 0.234 e. The van der Waals surface area contributed by atoms with Gasteiger partial charge >= 0.3 is 0 Å².